The molecule has 110 valence electrons. The summed E-state index contributed by atoms with van der Waals surface area (Å²) < 4.78 is 4.62. The second-order valence-corrected chi connectivity index (χ2v) is 4.97. The lowest BCUT2D eigenvalue weighted by molar-refractivity contribution is -0.145. The molecular weight excluding hydrogens is 278 g/mol. The van der Waals surface area contributed by atoms with Gasteiger partial charge in [0.25, 0.3) is 0 Å². The maximum Gasteiger partial charge on any atom is 0.328 e. The minimum atomic E-state index is -0.553. The highest BCUT2D eigenvalue weighted by Gasteiger charge is 2.18. The van der Waals surface area contributed by atoms with Crippen molar-refractivity contribution in [1.82, 2.24) is 5.32 Å². The van der Waals surface area contributed by atoms with Crippen molar-refractivity contribution in [3.05, 3.63) is 34.9 Å². The van der Waals surface area contributed by atoms with E-state index >= 15 is 0 Å². The van der Waals surface area contributed by atoms with Crippen LogP contribution >= 0.6 is 11.6 Å². The summed E-state index contributed by atoms with van der Waals surface area (Å²) in [7, 11) is 1.32. The van der Waals surface area contributed by atoms with Gasteiger partial charge in [-0.3, -0.25) is 4.79 Å². The predicted molar refractivity (Wildman–Crippen MR) is 78.6 cm³/mol. The first kappa shape index (κ1) is 16.5. The van der Waals surface area contributed by atoms with Crippen LogP contribution in [0.15, 0.2) is 24.3 Å². The van der Waals surface area contributed by atoms with Gasteiger partial charge in [-0.05, 0) is 37.0 Å². The molecule has 4 nitrogen and oxygen atoms in total. The van der Waals surface area contributed by atoms with Crippen molar-refractivity contribution in [2.45, 2.75) is 38.6 Å². The molecule has 0 saturated heterocycles. The molecule has 0 bridgehead atoms. The third-order valence-corrected chi connectivity index (χ3v) is 3.26. The molecule has 0 heterocycles. The maximum absolute atomic E-state index is 11.7. The van der Waals surface area contributed by atoms with Crippen molar-refractivity contribution >= 4 is 23.5 Å². The highest BCUT2D eigenvalue weighted by Crippen LogP contribution is 2.11. The minimum absolute atomic E-state index is 0.129. The Labute approximate surface area is 124 Å². The second kappa shape index (κ2) is 8.59. The Morgan fingerprint density at radius 1 is 1.30 bits per heavy atom. The van der Waals surface area contributed by atoms with Crippen LogP contribution in [0.3, 0.4) is 0 Å². The summed E-state index contributed by atoms with van der Waals surface area (Å²) >= 11 is 5.80. The summed E-state index contributed by atoms with van der Waals surface area (Å²) in [4.78, 5) is 23.1. The topological polar surface area (TPSA) is 55.4 Å². The van der Waals surface area contributed by atoms with E-state index in [1.807, 2.05) is 31.2 Å². The normalized spacial score (nSPS) is 11.8. The van der Waals surface area contributed by atoms with Gasteiger partial charge < -0.3 is 10.1 Å². The van der Waals surface area contributed by atoms with E-state index in [-0.39, 0.29) is 5.91 Å². The molecule has 1 rings (SSSR count). The number of carbonyl (C=O) groups is 2. The molecule has 0 aliphatic carbocycles. The number of hydrogen-bond acceptors (Lipinski definition) is 3. The lowest BCUT2D eigenvalue weighted by Crippen LogP contribution is -2.40. The molecule has 0 fully saturated rings. The number of methoxy groups -OCH3 is 1. The average molecular weight is 298 g/mol. The van der Waals surface area contributed by atoms with Gasteiger partial charge in [0.2, 0.25) is 5.91 Å². The van der Waals surface area contributed by atoms with Crippen molar-refractivity contribution in [3.63, 3.8) is 0 Å². The Bertz CT molecular complexity index is 445. The van der Waals surface area contributed by atoms with E-state index in [4.69, 9.17) is 11.6 Å². The third kappa shape index (κ3) is 5.61. The van der Waals surface area contributed by atoms with Crippen LogP contribution in [0, 0.1) is 0 Å². The van der Waals surface area contributed by atoms with Crippen molar-refractivity contribution < 1.29 is 14.3 Å². The quantitative estimate of drug-likeness (QED) is 0.787. The van der Waals surface area contributed by atoms with E-state index in [1.165, 1.54) is 7.11 Å². The molecule has 0 aliphatic heterocycles. The van der Waals surface area contributed by atoms with E-state index in [1.54, 1.807) is 0 Å². The monoisotopic (exact) mass is 297 g/mol. The Balaban J connectivity index is 2.32. The van der Waals surface area contributed by atoms with Crippen LogP contribution in [0.25, 0.3) is 0 Å². The molecule has 20 heavy (non-hydrogen) atoms. The van der Waals surface area contributed by atoms with Crippen molar-refractivity contribution in [2.75, 3.05) is 7.11 Å². The Morgan fingerprint density at radius 3 is 2.50 bits per heavy atom. The van der Waals surface area contributed by atoms with E-state index in [2.05, 4.69) is 10.1 Å². The van der Waals surface area contributed by atoms with E-state index in [9.17, 15) is 9.59 Å². The summed E-state index contributed by atoms with van der Waals surface area (Å²) in [6, 6.07) is 7.01. The van der Waals surface area contributed by atoms with Crippen LogP contribution in [0.2, 0.25) is 5.02 Å². The lowest BCUT2D eigenvalue weighted by Gasteiger charge is -2.14. The molecule has 0 aromatic heterocycles. The fraction of sp³-hybridized carbons (Fsp3) is 0.467. The van der Waals surface area contributed by atoms with Gasteiger partial charge in [-0.15, -0.1) is 0 Å². The van der Waals surface area contributed by atoms with Crippen molar-refractivity contribution in [1.29, 1.82) is 0 Å². The summed E-state index contributed by atoms with van der Waals surface area (Å²) in [5, 5.41) is 3.38. The molecule has 0 aliphatic rings. The summed E-state index contributed by atoms with van der Waals surface area (Å²) in [6.07, 6.45) is 2.44. The smallest absolute Gasteiger partial charge is 0.328 e. The van der Waals surface area contributed by atoms with E-state index < -0.39 is 12.0 Å². The zero-order valence-electron chi connectivity index (χ0n) is 11.8. The van der Waals surface area contributed by atoms with Crippen LogP contribution < -0.4 is 5.32 Å². The molecular formula is C15H20ClNO3. The van der Waals surface area contributed by atoms with Crippen LogP contribution in [0.4, 0.5) is 0 Å². The number of carbonyl (C=O) groups excluding carboxylic acids is 2. The number of amides is 1. The molecule has 1 aromatic carbocycles. The van der Waals surface area contributed by atoms with Crippen LogP contribution in [-0.2, 0) is 20.7 Å². The molecule has 1 N–H and O–H groups in total. The highest BCUT2D eigenvalue weighted by atomic mass is 35.5. The molecule has 0 saturated carbocycles. The first-order valence-corrected chi connectivity index (χ1v) is 7.06. The van der Waals surface area contributed by atoms with Gasteiger partial charge in [0, 0.05) is 11.4 Å². The van der Waals surface area contributed by atoms with Crippen LogP contribution in [0.1, 0.15) is 31.7 Å². The van der Waals surface area contributed by atoms with E-state index in [0.29, 0.717) is 17.9 Å². The Hall–Kier alpha value is -1.55. The zero-order valence-corrected chi connectivity index (χ0v) is 12.6. The fourth-order valence-corrected chi connectivity index (χ4v) is 1.97. The second-order valence-electron chi connectivity index (χ2n) is 4.53. The molecule has 5 heteroatoms. The number of ether oxygens (including phenoxy) is 1. The van der Waals surface area contributed by atoms with Gasteiger partial charge in [0.1, 0.15) is 6.04 Å². The largest absolute Gasteiger partial charge is 0.467 e. The van der Waals surface area contributed by atoms with Gasteiger partial charge in [-0.2, -0.15) is 0 Å². The molecule has 1 unspecified atom stereocenters. The number of rotatable bonds is 7. The molecule has 0 radical (unpaired) electrons. The number of esters is 1. The fourth-order valence-electron chi connectivity index (χ4n) is 1.84. The summed E-state index contributed by atoms with van der Waals surface area (Å²) in [5.41, 5.74) is 1.14. The number of aryl methyl sites for hydroxylation is 1. The van der Waals surface area contributed by atoms with E-state index in [0.717, 1.165) is 18.4 Å². The van der Waals surface area contributed by atoms with Gasteiger partial charge in [-0.25, -0.2) is 4.79 Å². The zero-order chi connectivity index (χ0) is 15.0. The first-order valence-electron chi connectivity index (χ1n) is 6.68. The highest BCUT2D eigenvalue weighted by molar-refractivity contribution is 6.30. The predicted octanol–water partition coefficient (Wildman–Crippen LogP) is 2.73. The van der Waals surface area contributed by atoms with Gasteiger partial charge in [0.15, 0.2) is 0 Å². The molecule has 0 spiro atoms. The van der Waals surface area contributed by atoms with Gasteiger partial charge in [-0.1, -0.05) is 30.7 Å². The number of nitrogens with one attached hydrogen (secondary N) is 1. The van der Waals surface area contributed by atoms with Crippen molar-refractivity contribution in [3.8, 4) is 0 Å². The Morgan fingerprint density at radius 2 is 1.95 bits per heavy atom. The number of halogens is 1. The van der Waals surface area contributed by atoms with Crippen LogP contribution in [-0.4, -0.2) is 25.0 Å². The van der Waals surface area contributed by atoms with Gasteiger partial charge in [0.05, 0.1) is 7.11 Å². The SMILES string of the molecule is CCC(NC(=O)CCCc1ccc(Cl)cc1)C(=O)OC. The van der Waals surface area contributed by atoms with Crippen LogP contribution in [0.5, 0.6) is 0 Å². The third-order valence-electron chi connectivity index (χ3n) is 3.01. The maximum atomic E-state index is 11.7. The average Bonchev–Trinajstić information content (AvgIpc) is 2.46. The molecule has 1 amide bonds. The number of benzene rings is 1. The number of hydrogen-bond donors (Lipinski definition) is 1. The molecule has 1 aromatic rings. The molecule has 1 atom stereocenters. The lowest BCUT2D eigenvalue weighted by atomic mass is 10.1. The standard InChI is InChI=1S/C15H20ClNO3/c1-3-13(15(19)20-2)17-14(18)6-4-5-11-7-9-12(16)10-8-11/h7-10,13H,3-6H2,1-2H3,(H,17,18). The van der Waals surface area contributed by atoms with Crippen molar-refractivity contribution in [2.24, 2.45) is 0 Å². The van der Waals surface area contributed by atoms with Gasteiger partial charge >= 0.3 is 5.97 Å². The Kier molecular flexibility index (Phi) is 7.09. The summed E-state index contributed by atoms with van der Waals surface area (Å²) in [6.45, 7) is 1.83. The first-order chi connectivity index (χ1) is 9.56. The summed E-state index contributed by atoms with van der Waals surface area (Å²) in [5.74, 6) is -0.533. The minimum Gasteiger partial charge on any atom is -0.467 e.